The summed E-state index contributed by atoms with van der Waals surface area (Å²) in [6.07, 6.45) is 2.21. The summed E-state index contributed by atoms with van der Waals surface area (Å²) in [7, 11) is -3.45. The number of rotatable bonds is 4. The molecule has 0 bridgehead atoms. The summed E-state index contributed by atoms with van der Waals surface area (Å²) in [5, 5.41) is 0. The maximum absolute atomic E-state index is 13.1. The van der Waals surface area contributed by atoms with Crippen LogP contribution in [0.25, 0.3) is 11.4 Å². The van der Waals surface area contributed by atoms with Gasteiger partial charge < -0.3 is 0 Å². The van der Waals surface area contributed by atoms with Gasteiger partial charge in [0.2, 0.25) is 10.0 Å². The molecule has 1 aliphatic rings. The van der Waals surface area contributed by atoms with E-state index in [-0.39, 0.29) is 18.1 Å². The van der Waals surface area contributed by atoms with Gasteiger partial charge in [0.05, 0.1) is 11.4 Å². The molecule has 1 aliphatic heterocycles. The second kappa shape index (κ2) is 7.65. The summed E-state index contributed by atoms with van der Waals surface area (Å²) < 4.78 is 40.6. The number of aryl methyl sites for hydroxylation is 2. The molecular formula is C22H22FN3O2S. The van der Waals surface area contributed by atoms with Crippen LogP contribution in [0.5, 0.6) is 0 Å². The number of fused-ring (bicyclic) bond motifs is 1. The summed E-state index contributed by atoms with van der Waals surface area (Å²) in [4.78, 5) is 8.95. The van der Waals surface area contributed by atoms with Crippen LogP contribution in [0, 0.1) is 19.7 Å². The minimum atomic E-state index is -3.45. The Morgan fingerprint density at radius 3 is 2.62 bits per heavy atom. The number of hydrogen-bond donors (Lipinski definition) is 0. The monoisotopic (exact) mass is 411 g/mol. The average molecular weight is 412 g/mol. The van der Waals surface area contributed by atoms with Gasteiger partial charge in [-0.1, -0.05) is 23.8 Å². The van der Waals surface area contributed by atoms with Crippen LogP contribution in [0.3, 0.4) is 0 Å². The molecule has 5 nitrogen and oxygen atoms in total. The fourth-order valence-corrected chi connectivity index (χ4v) is 5.10. The van der Waals surface area contributed by atoms with Crippen LogP contribution >= 0.6 is 0 Å². The molecule has 0 aliphatic carbocycles. The Hall–Kier alpha value is -2.64. The van der Waals surface area contributed by atoms with E-state index in [1.54, 1.807) is 18.3 Å². The van der Waals surface area contributed by atoms with Crippen LogP contribution in [0.15, 0.2) is 48.7 Å². The van der Waals surface area contributed by atoms with E-state index in [1.807, 2.05) is 32.0 Å². The van der Waals surface area contributed by atoms with E-state index < -0.39 is 10.0 Å². The summed E-state index contributed by atoms with van der Waals surface area (Å²) in [5.74, 6) is 0.205. The van der Waals surface area contributed by atoms with E-state index in [9.17, 15) is 12.8 Å². The zero-order chi connectivity index (χ0) is 20.6. The number of benzene rings is 2. The lowest BCUT2D eigenvalue weighted by Crippen LogP contribution is -2.37. The third kappa shape index (κ3) is 4.21. The molecule has 150 valence electrons. The van der Waals surface area contributed by atoms with Crippen molar-refractivity contribution in [3.63, 3.8) is 0 Å². The molecular weight excluding hydrogens is 389 g/mol. The smallest absolute Gasteiger partial charge is 0.218 e. The number of hydrogen-bond acceptors (Lipinski definition) is 4. The van der Waals surface area contributed by atoms with Gasteiger partial charge in [-0.15, -0.1) is 0 Å². The van der Waals surface area contributed by atoms with E-state index in [4.69, 9.17) is 0 Å². The molecule has 0 radical (unpaired) electrons. The standard InChI is InChI=1S/C22H22FN3O2S/c1-15-3-4-16(2)18(11-15)14-29(27,28)26-10-9-21-19(13-26)12-24-22(25-21)17-5-7-20(23)8-6-17/h3-8,11-12H,9-10,13-14H2,1-2H3. The summed E-state index contributed by atoms with van der Waals surface area (Å²) in [5.41, 5.74) is 5.25. The van der Waals surface area contributed by atoms with Crippen molar-refractivity contribution in [3.8, 4) is 11.4 Å². The largest absolute Gasteiger partial charge is 0.236 e. The lowest BCUT2D eigenvalue weighted by molar-refractivity contribution is 0.386. The van der Waals surface area contributed by atoms with Crippen molar-refractivity contribution in [2.45, 2.75) is 32.6 Å². The Balaban J connectivity index is 1.55. The van der Waals surface area contributed by atoms with Crippen LogP contribution in [-0.4, -0.2) is 29.2 Å². The maximum atomic E-state index is 13.1. The molecule has 2 heterocycles. The average Bonchev–Trinajstić information content (AvgIpc) is 2.70. The van der Waals surface area contributed by atoms with E-state index >= 15 is 0 Å². The quantitative estimate of drug-likeness (QED) is 0.655. The summed E-state index contributed by atoms with van der Waals surface area (Å²) in [6, 6.07) is 11.9. The van der Waals surface area contributed by atoms with E-state index in [2.05, 4.69) is 9.97 Å². The van der Waals surface area contributed by atoms with Crippen molar-refractivity contribution >= 4 is 10.0 Å². The highest BCUT2D eigenvalue weighted by Crippen LogP contribution is 2.25. The minimum Gasteiger partial charge on any atom is -0.236 e. The van der Waals surface area contributed by atoms with Crippen molar-refractivity contribution in [1.29, 1.82) is 0 Å². The van der Waals surface area contributed by atoms with Gasteiger partial charge in [-0.3, -0.25) is 0 Å². The number of sulfonamides is 1. The Labute approximate surface area is 170 Å². The second-order valence-corrected chi connectivity index (χ2v) is 9.41. The molecule has 7 heteroatoms. The highest BCUT2D eigenvalue weighted by atomic mass is 32.2. The first-order chi connectivity index (χ1) is 13.8. The minimum absolute atomic E-state index is 0.00956. The van der Waals surface area contributed by atoms with Gasteiger partial charge in [0.15, 0.2) is 5.82 Å². The van der Waals surface area contributed by atoms with Crippen LogP contribution in [0.2, 0.25) is 0 Å². The Bertz CT molecular complexity index is 1160. The Morgan fingerprint density at radius 2 is 1.86 bits per heavy atom. The second-order valence-electron chi connectivity index (χ2n) is 7.44. The van der Waals surface area contributed by atoms with Gasteiger partial charge in [-0.25, -0.2) is 22.8 Å². The third-order valence-corrected chi connectivity index (χ3v) is 7.01. The van der Waals surface area contributed by atoms with Gasteiger partial charge >= 0.3 is 0 Å². The fraction of sp³-hybridized carbons (Fsp3) is 0.273. The molecule has 2 aromatic carbocycles. The zero-order valence-corrected chi connectivity index (χ0v) is 17.2. The van der Waals surface area contributed by atoms with Gasteiger partial charge in [-0.05, 0) is 49.2 Å². The number of halogens is 1. The molecule has 1 aromatic heterocycles. The van der Waals surface area contributed by atoms with Crippen LogP contribution < -0.4 is 0 Å². The number of aromatic nitrogens is 2. The zero-order valence-electron chi connectivity index (χ0n) is 16.4. The fourth-order valence-electron chi connectivity index (χ4n) is 3.51. The molecule has 0 amide bonds. The molecule has 0 unspecified atom stereocenters. The van der Waals surface area contributed by atoms with Gasteiger partial charge in [0.1, 0.15) is 5.82 Å². The molecule has 29 heavy (non-hydrogen) atoms. The van der Waals surface area contributed by atoms with Crippen molar-refractivity contribution in [2.24, 2.45) is 0 Å². The van der Waals surface area contributed by atoms with E-state index in [1.165, 1.54) is 16.4 Å². The normalized spacial score (nSPS) is 14.6. The maximum Gasteiger partial charge on any atom is 0.218 e. The Kier molecular flexibility index (Phi) is 5.19. The first kappa shape index (κ1) is 19.7. The molecule has 0 saturated heterocycles. The van der Waals surface area contributed by atoms with Crippen molar-refractivity contribution in [1.82, 2.24) is 14.3 Å². The summed E-state index contributed by atoms with van der Waals surface area (Å²) in [6.45, 7) is 4.55. The summed E-state index contributed by atoms with van der Waals surface area (Å²) >= 11 is 0. The lowest BCUT2D eigenvalue weighted by Gasteiger charge is -2.27. The molecule has 0 fully saturated rings. The molecule has 0 N–H and O–H groups in total. The third-order valence-electron chi connectivity index (χ3n) is 5.24. The Morgan fingerprint density at radius 1 is 1.10 bits per heavy atom. The highest BCUT2D eigenvalue weighted by molar-refractivity contribution is 7.88. The van der Waals surface area contributed by atoms with Gasteiger partial charge in [0, 0.05) is 36.8 Å². The topological polar surface area (TPSA) is 63.2 Å². The van der Waals surface area contributed by atoms with E-state index in [0.717, 1.165) is 33.5 Å². The highest BCUT2D eigenvalue weighted by Gasteiger charge is 2.28. The van der Waals surface area contributed by atoms with E-state index in [0.29, 0.717) is 18.8 Å². The molecule has 0 saturated carbocycles. The van der Waals surface area contributed by atoms with Crippen LogP contribution in [-0.2, 0) is 28.7 Å². The first-order valence-electron chi connectivity index (χ1n) is 9.46. The van der Waals surface area contributed by atoms with Crippen molar-refractivity contribution in [3.05, 3.63) is 82.4 Å². The van der Waals surface area contributed by atoms with Crippen LogP contribution in [0.1, 0.15) is 27.9 Å². The van der Waals surface area contributed by atoms with Crippen molar-refractivity contribution in [2.75, 3.05) is 6.54 Å². The van der Waals surface area contributed by atoms with Crippen LogP contribution in [0.4, 0.5) is 4.39 Å². The molecule has 3 aromatic rings. The first-order valence-corrected chi connectivity index (χ1v) is 11.1. The SMILES string of the molecule is Cc1ccc(C)c(CS(=O)(=O)N2CCc3nc(-c4ccc(F)cc4)ncc3C2)c1. The number of nitrogens with zero attached hydrogens (tertiary/aromatic N) is 3. The predicted octanol–water partition coefficient (Wildman–Crippen LogP) is 3.79. The van der Waals surface area contributed by atoms with Crippen molar-refractivity contribution < 1.29 is 12.8 Å². The lowest BCUT2D eigenvalue weighted by atomic mass is 10.1. The molecule has 4 rings (SSSR count). The molecule has 0 spiro atoms. The van der Waals surface area contributed by atoms with Gasteiger partial charge in [0.25, 0.3) is 0 Å². The van der Waals surface area contributed by atoms with Gasteiger partial charge in [-0.2, -0.15) is 4.31 Å². The predicted molar refractivity (Wildman–Crippen MR) is 110 cm³/mol. The molecule has 0 atom stereocenters.